The maximum atomic E-state index is 12.8. The van der Waals surface area contributed by atoms with Gasteiger partial charge in [0.2, 0.25) is 0 Å². The first-order valence-corrected chi connectivity index (χ1v) is 3.71. The molecule has 0 fully saturated rings. The molecular formula is C9H9FN2O. The van der Waals surface area contributed by atoms with Gasteiger partial charge in [0.25, 0.3) is 0 Å². The van der Waals surface area contributed by atoms with Crippen LogP contribution in [-0.2, 0) is 0 Å². The third kappa shape index (κ3) is 1.60. The highest BCUT2D eigenvalue weighted by molar-refractivity contribution is 5.43. The lowest BCUT2D eigenvalue weighted by Gasteiger charge is -2.08. The van der Waals surface area contributed by atoms with Gasteiger partial charge in [-0.15, -0.1) is 0 Å². The van der Waals surface area contributed by atoms with Crippen LogP contribution in [-0.4, -0.2) is 5.11 Å². The monoisotopic (exact) mass is 180 g/mol. The van der Waals surface area contributed by atoms with Gasteiger partial charge in [0.05, 0.1) is 6.07 Å². The molecule has 13 heavy (non-hydrogen) atoms. The highest BCUT2D eigenvalue weighted by atomic mass is 19.1. The van der Waals surface area contributed by atoms with Crippen molar-refractivity contribution in [3.8, 4) is 11.8 Å². The van der Waals surface area contributed by atoms with Crippen molar-refractivity contribution in [1.29, 1.82) is 5.26 Å². The third-order valence-electron chi connectivity index (χ3n) is 1.87. The maximum Gasteiger partial charge on any atom is 0.129 e. The van der Waals surface area contributed by atoms with Crippen LogP contribution in [0.4, 0.5) is 4.39 Å². The Morgan fingerprint density at radius 1 is 1.62 bits per heavy atom. The number of benzene rings is 1. The predicted octanol–water partition coefficient (Wildman–Crippen LogP) is 1.36. The van der Waals surface area contributed by atoms with Crippen LogP contribution in [0.5, 0.6) is 5.75 Å². The largest absolute Gasteiger partial charge is 0.507 e. The molecule has 0 aliphatic heterocycles. The van der Waals surface area contributed by atoms with E-state index < -0.39 is 11.9 Å². The van der Waals surface area contributed by atoms with Gasteiger partial charge in [-0.25, -0.2) is 4.39 Å². The summed E-state index contributed by atoms with van der Waals surface area (Å²) in [5, 5.41) is 17.9. The quantitative estimate of drug-likeness (QED) is 0.685. The minimum absolute atomic E-state index is 0.114. The molecule has 4 heteroatoms. The smallest absolute Gasteiger partial charge is 0.129 e. The normalized spacial score (nSPS) is 12.2. The minimum atomic E-state index is -0.917. The summed E-state index contributed by atoms with van der Waals surface area (Å²) >= 11 is 0. The first kappa shape index (κ1) is 9.49. The number of nitrogens with two attached hydrogens (primary N) is 1. The molecule has 68 valence electrons. The molecule has 3 nitrogen and oxygen atoms in total. The topological polar surface area (TPSA) is 70.0 Å². The Morgan fingerprint density at radius 2 is 2.23 bits per heavy atom. The van der Waals surface area contributed by atoms with E-state index in [9.17, 15) is 9.50 Å². The van der Waals surface area contributed by atoms with Crippen molar-refractivity contribution < 1.29 is 9.50 Å². The molecular weight excluding hydrogens is 171 g/mol. The van der Waals surface area contributed by atoms with E-state index >= 15 is 0 Å². The number of aromatic hydroxyl groups is 1. The molecule has 1 aromatic rings. The Morgan fingerprint density at radius 3 is 2.77 bits per heavy atom. The zero-order valence-corrected chi connectivity index (χ0v) is 7.08. The first-order valence-electron chi connectivity index (χ1n) is 3.71. The van der Waals surface area contributed by atoms with Crippen molar-refractivity contribution in [3.63, 3.8) is 0 Å². The summed E-state index contributed by atoms with van der Waals surface area (Å²) in [6.45, 7) is 1.43. The van der Waals surface area contributed by atoms with Gasteiger partial charge in [0, 0.05) is 11.1 Å². The van der Waals surface area contributed by atoms with E-state index in [2.05, 4.69) is 0 Å². The van der Waals surface area contributed by atoms with Gasteiger partial charge in [0.1, 0.15) is 17.6 Å². The second kappa shape index (κ2) is 3.42. The maximum absolute atomic E-state index is 12.8. The fourth-order valence-corrected chi connectivity index (χ4v) is 1.02. The molecule has 1 atom stereocenters. The molecule has 1 aromatic carbocycles. The second-order valence-corrected chi connectivity index (χ2v) is 2.72. The number of rotatable bonds is 1. The highest BCUT2D eigenvalue weighted by Gasteiger charge is 2.13. The van der Waals surface area contributed by atoms with Crippen LogP contribution in [0.1, 0.15) is 17.2 Å². The van der Waals surface area contributed by atoms with E-state index in [0.29, 0.717) is 0 Å². The van der Waals surface area contributed by atoms with Crippen LogP contribution >= 0.6 is 0 Å². The Bertz CT molecular complexity index is 371. The molecule has 0 bridgehead atoms. The van der Waals surface area contributed by atoms with Gasteiger partial charge in [-0.05, 0) is 19.1 Å². The van der Waals surface area contributed by atoms with Crippen molar-refractivity contribution >= 4 is 0 Å². The van der Waals surface area contributed by atoms with E-state index in [1.807, 2.05) is 0 Å². The van der Waals surface area contributed by atoms with E-state index in [0.717, 1.165) is 0 Å². The van der Waals surface area contributed by atoms with E-state index in [1.54, 1.807) is 6.07 Å². The number of nitrogens with zero attached hydrogens (tertiary/aromatic N) is 1. The predicted molar refractivity (Wildman–Crippen MR) is 45.3 cm³/mol. The van der Waals surface area contributed by atoms with Crippen molar-refractivity contribution in [1.82, 2.24) is 0 Å². The lowest BCUT2D eigenvalue weighted by molar-refractivity contribution is 0.454. The highest BCUT2D eigenvalue weighted by Crippen LogP contribution is 2.27. The molecule has 0 aromatic heterocycles. The first-order chi connectivity index (χ1) is 6.07. The Balaban J connectivity index is 3.28. The van der Waals surface area contributed by atoms with Gasteiger partial charge < -0.3 is 10.8 Å². The number of halogens is 1. The number of hydrogen-bond donors (Lipinski definition) is 2. The Labute approximate surface area is 75.2 Å². The van der Waals surface area contributed by atoms with E-state index in [4.69, 9.17) is 11.0 Å². The molecule has 0 heterocycles. The van der Waals surface area contributed by atoms with Crippen LogP contribution in [0.2, 0.25) is 0 Å². The van der Waals surface area contributed by atoms with Gasteiger partial charge >= 0.3 is 0 Å². The molecule has 0 radical (unpaired) electrons. The number of nitriles is 1. The standard InChI is InChI=1S/C9H9FN2O/c1-5-7(10)3-2-6(9(5)13)8(12)4-11/h2-3,8,13H,12H2,1H3. The number of phenols is 1. The summed E-state index contributed by atoms with van der Waals surface area (Å²) in [6, 6.07) is 3.34. The molecule has 0 aliphatic rings. The average Bonchev–Trinajstić information content (AvgIpc) is 2.13. The summed E-state index contributed by atoms with van der Waals surface area (Å²) in [5.41, 5.74) is 5.74. The van der Waals surface area contributed by atoms with Gasteiger partial charge in [-0.1, -0.05) is 0 Å². The van der Waals surface area contributed by atoms with Crippen LogP contribution in [0.3, 0.4) is 0 Å². The van der Waals surface area contributed by atoms with Gasteiger partial charge in [0.15, 0.2) is 0 Å². The van der Waals surface area contributed by atoms with E-state index in [-0.39, 0.29) is 16.9 Å². The van der Waals surface area contributed by atoms with E-state index in [1.165, 1.54) is 19.1 Å². The summed E-state index contributed by atoms with van der Waals surface area (Å²) in [4.78, 5) is 0. The molecule has 1 unspecified atom stereocenters. The fourth-order valence-electron chi connectivity index (χ4n) is 1.02. The SMILES string of the molecule is Cc1c(F)ccc(C(N)C#N)c1O. The van der Waals surface area contributed by atoms with Crippen molar-refractivity contribution in [2.75, 3.05) is 0 Å². The Kier molecular flexibility index (Phi) is 2.49. The summed E-state index contributed by atoms with van der Waals surface area (Å²) in [6.07, 6.45) is 0. The second-order valence-electron chi connectivity index (χ2n) is 2.72. The zero-order valence-electron chi connectivity index (χ0n) is 7.08. The fraction of sp³-hybridized carbons (Fsp3) is 0.222. The van der Waals surface area contributed by atoms with Crippen LogP contribution in [0.15, 0.2) is 12.1 Å². The number of phenolic OH excluding ortho intramolecular Hbond substituents is 1. The lowest BCUT2D eigenvalue weighted by atomic mass is 10.0. The third-order valence-corrected chi connectivity index (χ3v) is 1.87. The molecule has 0 amide bonds. The summed E-state index contributed by atoms with van der Waals surface area (Å²) in [7, 11) is 0. The summed E-state index contributed by atoms with van der Waals surface area (Å²) < 4.78 is 12.8. The molecule has 3 N–H and O–H groups in total. The van der Waals surface area contributed by atoms with Gasteiger partial charge in [-0.3, -0.25) is 0 Å². The minimum Gasteiger partial charge on any atom is -0.507 e. The van der Waals surface area contributed by atoms with Crippen LogP contribution in [0, 0.1) is 24.1 Å². The van der Waals surface area contributed by atoms with Crippen molar-refractivity contribution in [3.05, 3.63) is 29.1 Å². The zero-order chi connectivity index (χ0) is 10.0. The van der Waals surface area contributed by atoms with Crippen LogP contribution < -0.4 is 5.73 Å². The molecule has 0 spiro atoms. The lowest BCUT2D eigenvalue weighted by Crippen LogP contribution is -2.08. The molecule has 0 saturated carbocycles. The average molecular weight is 180 g/mol. The number of hydrogen-bond acceptors (Lipinski definition) is 3. The van der Waals surface area contributed by atoms with Crippen molar-refractivity contribution in [2.45, 2.75) is 13.0 Å². The van der Waals surface area contributed by atoms with Crippen molar-refractivity contribution in [2.24, 2.45) is 5.73 Å². The summed E-state index contributed by atoms with van der Waals surface area (Å²) in [5.74, 6) is -0.750. The van der Waals surface area contributed by atoms with Gasteiger partial charge in [-0.2, -0.15) is 5.26 Å². The molecule has 1 rings (SSSR count). The van der Waals surface area contributed by atoms with Crippen LogP contribution in [0.25, 0.3) is 0 Å². The Hall–Kier alpha value is -1.60. The molecule has 0 saturated heterocycles. The molecule has 0 aliphatic carbocycles.